The number of aromatic nitrogens is 3. The van der Waals surface area contributed by atoms with E-state index in [1.807, 2.05) is 45.8 Å². The molecule has 4 heterocycles. The third-order valence-electron chi connectivity index (χ3n) is 4.38. The molecule has 0 radical (unpaired) electrons. The van der Waals surface area contributed by atoms with Crippen molar-refractivity contribution in [2.24, 2.45) is 0 Å². The van der Waals surface area contributed by atoms with Gasteiger partial charge in [-0.1, -0.05) is 6.07 Å². The lowest BCUT2D eigenvalue weighted by atomic mass is 10.2. The SMILES string of the molecule is O=C(CCc1ccco1)N1CCCC1c1nnc2ccccn12. The molecule has 1 amide bonds. The van der Waals surface area contributed by atoms with Gasteiger partial charge in [-0.2, -0.15) is 0 Å². The van der Waals surface area contributed by atoms with Crippen LogP contribution in [0.4, 0.5) is 0 Å². The highest BCUT2D eigenvalue weighted by molar-refractivity contribution is 5.77. The summed E-state index contributed by atoms with van der Waals surface area (Å²) < 4.78 is 7.28. The lowest BCUT2D eigenvalue weighted by molar-refractivity contribution is -0.132. The fourth-order valence-corrected chi connectivity index (χ4v) is 3.25. The van der Waals surface area contributed by atoms with Crippen molar-refractivity contribution >= 4 is 11.6 Å². The minimum atomic E-state index is 0.0106. The predicted molar refractivity (Wildman–Crippen MR) is 83.7 cm³/mol. The van der Waals surface area contributed by atoms with Crippen molar-refractivity contribution in [2.45, 2.75) is 31.7 Å². The molecule has 3 aromatic rings. The van der Waals surface area contributed by atoms with Gasteiger partial charge in [0, 0.05) is 25.6 Å². The number of amides is 1. The number of carbonyl (C=O) groups is 1. The first kappa shape index (κ1) is 14.0. The first-order chi connectivity index (χ1) is 11.3. The van der Waals surface area contributed by atoms with Gasteiger partial charge in [0.1, 0.15) is 5.76 Å². The van der Waals surface area contributed by atoms with E-state index in [0.29, 0.717) is 12.8 Å². The highest BCUT2D eigenvalue weighted by atomic mass is 16.3. The number of pyridine rings is 1. The van der Waals surface area contributed by atoms with Crippen LogP contribution in [0.1, 0.15) is 36.9 Å². The van der Waals surface area contributed by atoms with E-state index in [2.05, 4.69) is 10.2 Å². The van der Waals surface area contributed by atoms with Gasteiger partial charge in [0.05, 0.1) is 12.3 Å². The molecule has 4 rings (SSSR count). The maximum Gasteiger partial charge on any atom is 0.223 e. The summed E-state index contributed by atoms with van der Waals surface area (Å²) in [7, 11) is 0. The summed E-state index contributed by atoms with van der Waals surface area (Å²) in [5.41, 5.74) is 0.817. The number of hydrogen-bond donors (Lipinski definition) is 0. The Balaban J connectivity index is 1.53. The first-order valence-electron chi connectivity index (χ1n) is 7.94. The van der Waals surface area contributed by atoms with Crippen LogP contribution in [-0.2, 0) is 11.2 Å². The standard InChI is InChI=1S/C17H18N4O2/c22-16(9-8-13-5-4-12-23-13)20-11-3-6-14(20)17-19-18-15-7-1-2-10-21(15)17/h1-2,4-5,7,10,12,14H,3,6,8-9,11H2. The molecule has 0 saturated carbocycles. The van der Waals surface area contributed by atoms with Gasteiger partial charge in [-0.25, -0.2) is 0 Å². The Kier molecular flexibility index (Phi) is 3.57. The maximum absolute atomic E-state index is 12.6. The Morgan fingerprint density at radius 1 is 1.26 bits per heavy atom. The predicted octanol–water partition coefficient (Wildman–Crippen LogP) is 2.62. The van der Waals surface area contributed by atoms with Crippen LogP contribution < -0.4 is 0 Å². The third-order valence-corrected chi connectivity index (χ3v) is 4.38. The summed E-state index contributed by atoms with van der Waals surface area (Å²) in [6.45, 7) is 0.781. The van der Waals surface area contributed by atoms with Gasteiger partial charge in [-0.15, -0.1) is 10.2 Å². The van der Waals surface area contributed by atoms with Crippen molar-refractivity contribution in [3.63, 3.8) is 0 Å². The molecule has 23 heavy (non-hydrogen) atoms. The molecule has 0 spiro atoms. The molecule has 0 N–H and O–H groups in total. The summed E-state index contributed by atoms with van der Waals surface area (Å²) in [6.07, 6.45) is 6.62. The topological polar surface area (TPSA) is 63.6 Å². The number of nitrogens with zero attached hydrogens (tertiary/aromatic N) is 4. The molecule has 0 bridgehead atoms. The van der Waals surface area contributed by atoms with Crippen molar-refractivity contribution < 1.29 is 9.21 Å². The Morgan fingerprint density at radius 3 is 3.09 bits per heavy atom. The number of furan rings is 1. The molecule has 1 saturated heterocycles. The van der Waals surface area contributed by atoms with Gasteiger partial charge in [0.25, 0.3) is 0 Å². The Hall–Kier alpha value is -2.63. The summed E-state index contributed by atoms with van der Waals surface area (Å²) in [5.74, 6) is 1.85. The molecule has 0 aromatic carbocycles. The van der Waals surface area contributed by atoms with Crippen LogP contribution in [0.5, 0.6) is 0 Å². The average molecular weight is 310 g/mol. The Morgan fingerprint density at radius 2 is 2.22 bits per heavy atom. The third kappa shape index (κ3) is 2.60. The highest BCUT2D eigenvalue weighted by Gasteiger charge is 2.32. The molecule has 6 nitrogen and oxygen atoms in total. The molecule has 1 aliphatic rings. The zero-order valence-corrected chi connectivity index (χ0v) is 12.8. The van der Waals surface area contributed by atoms with Crippen molar-refractivity contribution in [1.29, 1.82) is 0 Å². The Bertz CT molecular complexity index is 809. The quantitative estimate of drug-likeness (QED) is 0.743. The molecular formula is C17H18N4O2. The van der Waals surface area contributed by atoms with E-state index in [0.717, 1.165) is 36.6 Å². The van der Waals surface area contributed by atoms with Crippen LogP contribution in [0.25, 0.3) is 5.65 Å². The molecule has 6 heteroatoms. The summed E-state index contributed by atoms with van der Waals surface area (Å²) in [4.78, 5) is 14.5. The van der Waals surface area contributed by atoms with Crippen molar-refractivity contribution in [3.05, 3.63) is 54.4 Å². The zero-order valence-electron chi connectivity index (χ0n) is 12.8. The Labute approximate surface area is 133 Å². The molecule has 118 valence electrons. The van der Waals surface area contributed by atoms with Crippen LogP contribution >= 0.6 is 0 Å². The average Bonchev–Trinajstić information content (AvgIpc) is 3.31. The van der Waals surface area contributed by atoms with E-state index in [4.69, 9.17) is 4.42 Å². The number of aryl methyl sites for hydroxylation is 1. The van der Waals surface area contributed by atoms with E-state index in [-0.39, 0.29) is 11.9 Å². The second-order valence-electron chi connectivity index (χ2n) is 5.81. The van der Waals surface area contributed by atoms with Crippen LogP contribution in [-0.4, -0.2) is 31.9 Å². The molecule has 0 aliphatic carbocycles. The smallest absolute Gasteiger partial charge is 0.223 e. The van der Waals surface area contributed by atoms with Crippen molar-refractivity contribution in [3.8, 4) is 0 Å². The molecule has 1 aliphatic heterocycles. The van der Waals surface area contributed by atoms with Gasteiger partial charge in [-0.05, 0) is 37.1 Å². The lowest BCUT2D eigenvalue weighted by Crippen LogP contribution is -2.31. The number of carbonyl (C=O) groups excluding carboxylic acids is 1. The normalized spacial score (nSPS) is 17.9. The van der Waals surface area contributed by atoms with E-state index >= 15 is 0 Å². The fraction of sp³-hybridized carbons (Fsp3) is 0.353. The minimum Gasteiger partial charge on any atom is -0.469 e. The monoisotopic (exact) mass is 310 g/mol. The molecular weight excluding hydrogens is 292 g/mol. The second kappa shape index (κ2) is 5.87. The van der Waals surface area contributed by atoms with Crippen LogP contribution in [0, 0.1) is 0 Å². The van der Waals surface area contributed by atoms with Gasteiger partial charge >= 0.3 is 0 Å². The van der Waals surface area contributed by atoms with Gasteiger partial charge < -0.3 is 9.32 Å². The van der Waals surface area contributed by atoms with Crippen LogP contribution in [0.15, 0.2) is 47.2 Å². The van der Waals surface area contributed by atoms with Crippen LogP contribution in [0.3, 0.4) is 0 Å². The lowest BCUT2D eigenvalue weighted by Gasteiger charge is -2.23. The molecule has 1 unspecified atom stereocenters. The van der Waals surface area contributed by atoms with Crippen LogP contribution in [0.2, 0.25) is 0 Å². The fourth-order valence-electron chi connectivity index (χ4n) is 3.25. The molecule has 1 atom stereocenters. The highest BCUT2D eigenvalue weighted by Crippen LogP contribution is 2.31. The number of rotatable bonds is 4. The van der Waals surface area contributed by atoms with E-state index in [1.54, 1.807) is 6.26 Å². The van der Waals surface area contributed by atoms with Gasteiger partial charge in [-0.3, -0.25) is 9.20 Å². The largest absolute Gasteiger partial charge is 0.469 e. The minimum absolute atomic E-state index is 0.0106. The number of hydrogen-bond acceptors (Lipinski definition) is 4. The zero-order chi connectivity index (χ0) is 15.6. The van der Waals surface area contributed by atoms with E-state index < -0.39 is 0 Å². The van der Waals surface area contributed by atoms with Gasteiger partial charge in [0.15, 0.2) is 11.5 Å². The molecule has 1 fully saturated rings. The summed E-state index contributed by atoms with van der Waals surface area (Å²) in [6, 6.07) is 9.58. The summed E-state index contributed by atoms with van der Waals surface area (Å²) in [5, 5.41) is 8.52. The van der Waals surface area contributed by atoms with E-state index in [1.165, 1.54) is 0 Å². The molecule has 3 aromatic heterocycles. The number of likely N-dealkylation sites (tertiary alicyclic amines) is 1. The van der Waals surface area contributed by atoms with Crippen molar-refractivity contribution in [1.82, 2.24) is 19.5 Å². The second-order valence-corrected chi connectivity index (χ2v) is 5.81. The first-order valence-corrected chi connectivity index (χ1v) is 7.94. The van der Waals surface area contributed by atoms with Gasteiger partial charge in [0.2, 0.25) is 5.91 Å². The summed E-state index contributed by atoms with van der Waals surface area (Å²) >= 11 is 0. The van der Waals surface area contributed by atoms with E-state index in [9.17, 15) is 4.79 Å². The maximum atomic E-state index is 12.6. The number of fused-ring (bicyclic) bond motifs is 1. The van der Waals surface area contributed by atoms with Crippen molar-refractivity contribution in [2.75, 3.05) is 6.54 Å².